The fourth-order valence-electron chi connectivity index (χ4n) is 1.90. The molecule has 6 nitrogen and oxygen atoms in total. The fourth-order valence-corrected chi connectivity index (χ4v) is 1.90. The summed E-state index contributed by atoms with van der Waals surface area (Å²) in [5.41, 5.74) is 0.593. The van der Waals surface area contributed by atoms with Crippen molar-refractivity contribution in [2.75, 3.05) is 6.54 Å². The number of likely N-dealkylation sites (N-methyl/N-ethyl adjacent to an activating group) is 1. The largest absolute Gasteiger partial charge is 0.313 e. The zero-order valence-corrected chi connectivity index (χ0v) is 10.3. The van der Waals surface area contributed by atoms with Crippen molar-refractivity contribution in [1.29, 1.82) is 0 Å². The quantitative estimate of drug-likeness (QED) is 0.818. The van der Waals surface area contributed by atoms with Crippen LogP contribution in [0.1, 0.15) is 13.8 Å². The molecule has 2 aromatic rings. The van der Waals surface area contributed by atoms with Gasteiger partial charge in [0, 0.05) is 19.6 Å². The van der Waals surface area contributed by atoms with Gasteiger partial charge >= 0.3 is 0 Å². The van der Waals surface area contributed by atoms with Crippen LogP contribution in [0.3, 0.4) is 0 Å². The van der Waals surface area contributed by atoms with Crippen molar-refractivity contribution in [1.82, 2.24) is 24.6 Å². The van der Waals surface area contributed by atoms with Crippen LogP contribution in [0.4, 0.5) is 0 Å². The van der Waals surface area contributed by atoms with Crippen LogP contribution >= 0.6 is 0 Å². The van der Waals surface area contributed by atoms with Crippen LogP contribution < -0.4 is 10.9 Å². The Balaban J connectivity index is 2.36. The summed E-state index contributed by atoms with van der Waals surface area (Å²) >= 11 is 0. The zero-order valence-electron chi connectivity index (χ0n) is 10.3. The lowest BCUT2D eigenvalue weighted by Crippen LogP contribution is -2.34. The van der Waals surface area contributed by atoms with E-state index >= 15 is 0 Å². The molecule has 2 heterocycles. The molecular weight excluding hydrogens is 218 g/mol. The summed E-state index contributed by atoms with van der Waals surface area (Å²) in [4.78, 5) is 16.4. The number of hydrogen-bond donors (Lipinski definition) is 1. The Hall–Kier alpha value is -1.69. The number of aryl methyl sites for hydroxylation is 1. The third-order valence-corrected chi connectivity index (χ3v) is 2.74. The van der Waals surface area contributed by atoms with E-state index in [0.717, 1.165) is 6.54 Å². The summed E-state index contributed by atoms with van der Waals surface area (Å²) in [6.45, 7) is 5.59. The third-order valence-electron chi connectivity index (χ3n) is 2.74. The molecule has 17 heavy (non-hydrogen) atoms. The fraction of sp³-hybridized carbons (Fsp3) is 0.545. The lowest BCUT2D eigenvalue weighted by atomic mass is 10.3. The van der Waals surface area contributed by atoms with Crippen molar-refractivity contribution in [3.63, 3.8) is 0 Å². The molecule has 0 aliphatic heterocycles. The van der Waals surface area contributed by atoms with Crippen LogP contribution in [0, 0.1) is 0 Å². The highest BCUT2D eigenvalue weighted by Gasteiger charge is 2.09. The summed E-state index contributed by atoms with van der Waals surface area (Å²) < 4.78 is 3.23. The van der Waals surface area contributed by atoms with Gasteiger partial charge in [-0.15, -0.1) is 0 Å². The van der Waals surface area contributed by atoms with Gasteiger partial charge in [-0.05, 0) is 13.5 Å². The number of rotatable bonds is 4. The van der Waals surface area contributed by atoms with Crippen LogP contribution in [0.15, 0.2) is 17.3 Å². The molecule has 0 saturated heterocycles. The summed E-state index contributed by atoms with van der Waals surface area (Å²) in [6.07, 6.45) is 3.15. The molecule has 1 atom stereocenters. The van der Waals surface area contributed by atoms with Gasteiger partial charge in [-0.3, -0.25) is 14.0 Å². The molecule has 0 saturated carbocycles. The van der Waals surface area contributed by atoms with E-state index in [0.29, 0.717) is 17.6 Å². The standard InChI is InChI=1S/C11H17N5O/c1-4-12-8(2)6-16-7-13-10-9(11(16)17)5-14-15(10)3/h5,7-8,12H,4,6H2,1-3H3. The molecule has 0 bridgehead atoms. The van der Waals surface area contributed by atoms with Crippen molar-refractivity contribution >= 4 is 11.0 Å². The molecule has 2 rings (SSSR count). The number of hydrogen-bond acceptors (Lipinski definition) is 4. The molecule has 0 radical (unpaired) electrons. The van der Waals surface area contributed by atoms with Gasteiger partial charge in [0.15, 0.2) is 5.65 Å². The van der Waals surface area contributed by atoms with Gasteiger partial charge in [-0.1, -0.05) is 6.92 Å². The van der Waals surface area contributed by atoms with E-state index in [2.05, 4.69) is 15.4 Å². The molecule has 1 unspecified atom stereocenters. The highest BCUT2D eigenvalue weighted by molar-refractivity contribution is 5.72. The van der Waals surface area contributed by atoms with Gasteiger partial charge in [0.1, 0.15) is 11.7 Å². The molecule has 0 aliphatic rings. The zero-order chi connectivity index (χ0) is 12.4. The van der Waals surface area contributed by atoms with Crippen molar-refractivity contribution < 1.29 is 0 Å². The van der Waals surface area contributed by atoms with Gasteiger partial charge in [-0.2, -0.15) is 5.10 Å². The Morgan fingerprint density at radius 2 is 2.29 bits per heavy atom. The van der Waals surface area contributed by atoms with Gasteiger partial charge in [0.25, 0.3) is 5.56 Å². The molecule has 0 aliphatic carbocycles. The third kappa shape index (κ3) is 2.21. The highest BCUT2D eigenvalue weighted by atomic mass is 16.1. The first-order chi connectivity index (χ1) is 8.13. The first kappa shape index (κ1) is 11.8. The number of nitrogens with zero attached hydrogens (tertiary/aromatic N) is 4. The maximum Gasteiger partial charge on any atom is 0.264 e. The molecular formula is C11H17N5O. The van der Waals surface area contributed by atoms with Gasteiger partial charge in [0.2, 0.25) is 0 Å². The summed E-state index contributed by atoms with van der Waals surface area (Å²) in [6, 6.07) is 0.244. The topological polar surface area (TPSA) is 64.7 Å². The van der Waals surface area contributed by atoms with Gasteiger partial charge in [0.05, 0.1) is 6.20 Å². The smallest absolute Gasteiger partial charge is 0.264 e. The number of fused-ring (bicyclic) bond motifs is 1. The van der Waals surface area contributed by atoms with E-state index < -0.39 is 0 Å². The normalized spacial score (nSPS) is 13.1. The predicted octanol–water partition coefficient (Wildman–Crippen LogP) is 0.128. The minimum absolute atomic E-state index is 0.0344. The molecule has 2 aromatic heterocycles. The molecule has 0 amide bonds. The monoisotopic (exact) mass is 235 g/mol. The van der Waals surface area contributed by atoms with Crippen LogP contribution in [-0.2, 0) is 13.6 Å². The van der Waals surface area contributed by atoms with E-state index in [-0.39, 0.29) is 11.6 Å². The van der Waals surface area contributed by atoms with E-state index in [1.54, 1.807) is 28.8 Å². The number of aromatic nitrogens is 4. The second kappa shape index (κ2) is 4.67. The van der Waals surface area contributed by atoms with Crippen LogP contribution in [-0.4, -0.2) is 31.9 Å². The van der Waals surface area contributed by atoms with E-state index in [9.17, 15) is 4.79 Å². The predicted molar refractivity (Wildman–Crippen MR) is 65.9 cm³/mol. The first-order valence-electron chi connectivity index (χ1n) is 5.74. The average Bonchev–Trinajstić information content (AvgIpc) is 2.66. The summed E-state index contributed by atoms with van der Waals surface area (Å²) in [5, 5.41) is 7.87. The van der Waals surface area contributed by atoms with Gasteiger partial charge in [-0.25, -0.2) is 4.98 Å². The lowest BCUT2D eigenvalue weighted by molar-refractivity contribution is 0.479. The first-order valence-corrected chi connectivity index (χ1v) is 5.74. The van der Waals surface area contributed by atoms with Crippen molar-refractivity contribution in [2.24, 2.45) is 7.05 Å². The summed E-state index contributed by atoms with van der Waals surface area (Å²) in [5.74, 6) is 0. The van der Waals surface area contributed by atoms with Crippen molar-refractivity contribution in [2.45, 2.75) is 26.4 Å². The minimum Gasteiger partial charge on any atom is -0.313 e. The maximum absolute atomic E-state index is 12.1. The molecule has 6 heteroatoms. The Kier molecular flexibility index (Phi) is 3.23. The SMILES string of the molecule is CCNC(C)Cn1cnc2c(cnn2C)c1=O. The maximum atomic E-state index is 12.1. The van der Waals surface area contributed by atoms with Crippen molar-refractivity contribution in [3.05, 3.63) is 22.9 Å². The Morgan fingerprint density at radius 1 is 1.53 bits per heavy atom. The van der Waals surface area contributed by atoms with Gasteiger partial charge < -0.3 is 5.32 Å². The second-order valence-electron chi connectivity index (χ2n) is 4.17. The number of nitrogens with one attached hydrogen (secondary N) is 1. The van der Waals surface area contributed by atoms with Crippen LogP contribution in [0.5, 0.6) is 0 Å². The Morgan fingerprint density at radius 3 is 3.00 bits per heavy atom. The second-order valence-corrected chi connectivity index (χ2v) is 4.17. The van der Waals surface area contributed by atoms with E-state index in [1.807, 2.05) is 13.8 Å². The van der Waals surface area contributed by atoms with Crippen LogP contribution in [0.25, 0.3) is 11.0 Å². The van der Waals surface area contributed by atoms with E-state index in [4.69, 9.17) is 0 Å². The highest BCUT2D eigenvalue weighted by Crippen LogP contribution is 2.03. The lowest BCUT2D eigenvalue weighted by Gasteiger charge is -2.13. The Bertz CT molecular complexity index is 571. The molecule has 92 valence electrons. The van der Waals surface area contributed by atoms with E-state index in [1.165, 1.54) is 0 Å². The molecule has 1 N–H and O–H groups in total. The molecule has 0 spiro atoms. The van der Waals surface area contributed by atoms with Crippen molar-refractivity contribution in [3.8, 4) is 0 Å². The van der Waals surface area contributed by atoms with Crippen LogP contribution in [0.2, 0.25) is 0 Å². The summed E-state index contributed by atoms with van der Waals surface area (Å²) in [7, 11) is 1.78. The molecule has 0 fully saturated rings. The average molecular weight is 235 g/mol. The molecule has 0 aromatic carbocycles. The Labute approximate surface area is 99.3 Å². The minimum atomic E-state index is -0.0344.